The molecule has 0 amide bonds. The highest BCUT2D eigenvalue weighted by Crippen LogP contribution is 2.41. The topological polar surface area (TPSA) is 43.7 Å². The highest BCUT2D eigenvalue weighted by molar-refractivity contribution is 5.06. The number of aliphatic hydroxyl groups excluding tert-OH is 1. The summed E-state index contributed by atoms with van der Waals surface area (Å²) in [4.78, 5) is 2.16. The molecule has 0 radical (unpaired) electrons. The molecule has 1 fully saturated rings. The molecule has 3 nitrogen and oxygen atoms in total. The molecule has 84 valence electrons. The molecule has 0 aromatic carbocycles. The van der Waals surface area contributed by atoms with Crippen molar-refractivity contribution in [3.63, 3.8) is 0 Å². The van der Waals surface area contributed by atoms with Gasteiger partial charge in [-0.3, -0.25) is 4.90 Å². The maximum Gasteiger partial charge on any atom is 0.0849 e. The average molecular weight is 201 g/mol. The van der Waals surface area contributed by atoms with Crippen LogP contribution in [0.25, 0.3) is 0 Å². The molecule has 1 rings (SSSR count). The Hall–Kier alpha value is -0.120. The van der Waals surface area contributed by atoms with E-state index in [9.17, 15) is 10.2 Å². The van der Waals surface area contributed by atoms with Gasteiger partial charge in [0, 0.05) is 11.5 Å². The minimum absolute atomic E-state index is 0.0336. The number of rotatable bonds is 1. The Morgan fingerprint density at radius 2 is 1.86 bits per heavy atom. The van der Waals surface area contributed by atoms with Crippen LogP contribution in [0.15, 0.2) is 0 Å². The smallest absolute Gasteiger partial charge is 0.0849 e. The maximum absolute atomic E-state index is 10.5. The number of likely N-dealkylation sites (tertiary alicyclic amines) is 1. The molecule has 1 aliphatic heterocycles. The fourth-order valence-electron chi connectivity index (χ4n) is 2.44. The lowest BCUT2D eigenvalue weighted by Gasteiger charge is -2.55. The van der Waals surface area contributed by atoms with Crippen molar-refractivity contribution in [2.24, 2.45) is 5.92 Å². The lowest BCUT2D eigenvalue weighted by Crippen LogP contribution is -2.67. The summed E-state index contributed by atoms with van der Waals surface area (Å²) in [7, 11) is 2.02. The zero-order valence-corrected chi connectivity index (χ0v) is 9.91. The molecule has 14 heavy (non-hydrogen) atoms. The van der Waals surface area contributed by atoms with E-state index in [1.165, 1.54) is 0 Å². The first-order chi connectivity index (χ1) is 6.21. The van der Waals surface area contributed by atoms with Gasteiger partial charge in [0.25, 0.3) is 0 Å². The molecule has 0 spiro atoms. The van der Waals surface area contributed by atoms with Crippen LogP contribution in [0.5, 0.6) is 0 Å². The van der Waals surface area contributed by atoms with E-state index in [-0.39, 0.29) is 11.5 Å². The van der Waals surface area contributed by atoms with Gasteiger partial charge < -0.3 is 10.2 Å². The van der Waals surface area contributed by atoms with Crippen LogP contribution in [0.2, 0.25) is 0 Å². The molecular formula is C11H23NO2. The van der Waals surface area contributed by atoms with Gasteiger partial charge in [-0.1, -0.05) is 0 Å². The van der Waals surface area contributed by atoms with Gasteiger partial charge >= 0.3 is 0 Å². The van der Waals surface area contributed by atoms with Crippen molar-refractivity contribution in [2.45, 2.75) is 51.4 Å². The Bertz CT molecular complexity index is 211. The van der Waals surface area contributed by atoms with Gasteiger partial charge in [0.05, 0.1) is 11.7 Å². The van der Waals surface area contributed by atoms with Crippen LogP contribution in [-0.2, 0) is 0 Å². The van der Waals surface area contributed by atoms with Crippen molar-refractivity contribution >= 4 is 0 Å². The number of likely N-dealkylation sites (N-methyl/N-ethyl adjacent to an activating group) is 1. The summed E-state index contributed by atoms with van der Waals surface area (Å²) in [6.45, 7) is 8.59. The molecule has 1 heterocycles. The molecule has 0 unspecified atom stereocenters. The highest BCUT2D eigenvalue weighted by Gasteiger charge is 2.52. The second kappa shape index (κ2) is 3.47. The van der Waals surface area contributed by atoms with E-state index in [2.05, 4.69) is 4.90 Å². The van der Waals surface area contributed by atoms with Gasteiger partial charge in [0.2, 0.25) is 0 Å². The normalized spacial score (nSPS) is 40.9. The first kappa shape index (κ1) is 12.0. The zero-order valence-electron chi connectivity index (χ0n) is 9.91. The van der Waals surface area contributed by atoms with Crippen molar-refractivity contribution in [3.05, 3.63) is 0 Å². The number of hydrogen-bond donors (Lipinski definition) is 2. The van der Waals surface area contributed by atoms with E-state index >= 15 is 0 Å². The van der Waals surface area contributed by atoms with Gasteiger partial charge in [-0.15, -0.1) is 0 Å². The van der Waals surface area contributed by atoms with E-state index in [0.717, 1.165) is 13.0 Å². The summed E-state index contributed by atoms with van der Waals surface area (Å²) >= 11 is 0. The predicted octanol–water partition coefficient (Wildman–Crippen LogP) is 0.848. The highest BCUT2D eigenvalue weighted by atomic mass is 16.3. The summed E-state index contributed by atoms with van der Waals surface area (Å²) in [6.07, 6.45) is 0.405. The Kier molecular flexibility index (Phi) is 2.96. The Morgan fingerprint density at radius 3 is 2.29 bits per heavy atom. The van der Waals surface area contributed by atoms with E-state index in [0.29, 0.717) is 0 Å². The molecule has 2 N–H and O–H groups in total. The third kappa shape index (κ3) is 1.58. The van der Waals surface area contributed by atoms with Crippen molar-refractivity contribution in [3.8, 4) is 0 Å². The van der Waals surface area contributed by atoms with Crippen LogP contribution < -0.4 is 0 Å². The minimum Gasteiger partial charge on any atom is -0.393 e. The number of nitrogens with zero attached hydrogens (tertiary/aromatic N) is 1. The van der Waals surface area contributed by atoms with Crippen molar-refractivity contribution < 1.29 is 10.2 Å². The molecule has 0 bridgehead atoms. The van der Waals surface area contributed by atoms with Gasteiger partial charge in [-0.2, -0.15) is 0 Å². The molecule has 3 atom stereocenters. The lowest BCUT2D eigenvalue weighted by atomic mass is 9.67. The van der Waals surface area contributed by atoms with Crippen LogP contribution in [0.4, 0.5) is 0 Å². The number of hydrogen-bond acceptors (Lipinski definition) is 3. The van der Waals surface area contributed by atoms with Crippen LogP contribution in [0.1, 0.15) is 34.1 Å². The largest absolute Gasteiger partial charge is 0.393 e. The van der Waals surface area contributed by atoms with E-state index in [1.54, 1.807) is 6.92 Å². The second-order valence-corrected chi connectivity index (χ2v) is 5.26. The summed E-state index contributed by atoms with van der Waals surface area (Å²) in [5.74, 6) is -0.0336. The first-order valence-electron chi connectivity index (χ1n) is 5.33. The van der Waals surface area contributed by atoms with E-state index < -0.39 is 11.7 Å². The third-order valence-corrected chi connectivity index (χ3v) is 4.27. The molecule has 3 heteroatoms. The molecule has 0 aromatic heterocycles. The van der Waals surface area contributed by atoms with E-state index in [4.69, 9.17) is 0 Å². The Morgan fingerprint density at radius 1 is 1.36 bits per heavy atom. The third-order valence-electron chi connectivity index (χ3n) is 4.27. The second-order valence-electron chi connectivity index (χ2n) is 5.26. The van der Waals surface area contributed by atoms with Crippen molar-refractivity contribution in [2.75, 3.05) is 13.6 Å². The summed E-state index contributed by atoms with van der Waals surface area (Å²) in [5.41, 5.74) is -1.12. The number of aliphatic hydroxyl groups is 2. The summed E-state index contributed by atoms with van der Waals surface area (Å²) in [5, 5.41) is 20.2. The molecule has 0 aliphatic carbocycles. The molecule has 1 aliphatic rings. The van der Waals surface area contributed by atoms with E-state index in [1.807, 2.05) is 27.8 Å². The van der Waals surface area contributed by atoms with Gasteiger partial charge in [0.1, 0.15) is 0 Å². The predicted molar refractivity (Wildman–Crippen MR) is 57.1 cm³/mol. The maximum atomic E-state index is 10.5. The quantitative estimate of drug-likeness (QED) is 0.661. The van der Waals surface area contributed by atoms with Gasteiger partial charge in [-0.25, -0.2) is 0 Å². The average Bonchev–Trinajstić information content (AvgIpc) is 2.00. The SMILES string of the molecule is C[C@H](O)[C@H]1CCN(C)C(C)(C)[C@@]1(C)O. The fourth-order valence-corrected chi connectivity index (χ4v) is 2.44. The first-order valence-corrected chi connectivity index (χ1v) is 5.33. The van der Waals surface area contributed by atoms with Gasteiger partial charge in [-0.05, 0) is 47.7 Å². The Balaban J connectivity index is 2.97. The van der Waals surface area contributed by atoms with Gasteiger partial charge in [0.15, 0.2) is 0 Å². The number of piperidine rings is 1. The summed E-state index contributed by atoms with van der Waals surface area (Å²) < 4.78 is 0. The Labute approximate surface area is 86.7 Å². The zero-order chi connectivity index (χ0) is 11.1. The van der Waals surface area contributed by atoms with Crippen LogP contribution in [0.3, 0.4) is 0 Å². The fraction of sp³-hybridized carbons (Fsp3) is 1.00. The van der Waals surface area contributed by atoms with Crippen LogP contribution in [-0.4, -0.2) is 45.9 Å². The molecule has 0 aromatic rings. The molecule has 1 saturated heterocycles. The summed E-state index contributed by atoms with van der Waals surface area (Å²) in [6, 6.07) is 0. The lowest BCUT2D eigenvalue weighted by molar-refractivity contribution is -0.168. The van der Waals surface area contributed by atoms with Crippen LogP contribution in [0, 0.1) is 5.92 Å². The van der Waals surface area contributed by atoms with Crippen molar-refractivity contribution in [1.29, 1.82) is 0 Å². The molecular weight excluding hydrogens is 178 g/mol. The van der Waals surface area contributed by atoms with Crippen LogP contribution >= 0.6 is 0 Å². The standard InChI is InChI=1S/C11H23NO2/c1-8(13)9-6-7-12(5)10(2,3)11(9,4)14/h8-9,13-14H,6-7H2,1-5H3/t8-,9+,11-/m0/s1. The monoisotopic (exact) mass is 201 g/mol. The minimum atomic E-state index is -0.839. The molecule has 0 saturated carbocycles. The van der Waals surface area contributed by atoms with Crippen molar-refractivity contribution in [1.82, 2.24) is 4.90 Å².